The smallest absolute Gasteiger partial charge is 0.393 e. The number of Topliss-reactive ketones (excluding diaryl/α,β-unsaturated/α-hetero) is 1. The highest BCUT2D eigenvalue weighted by Gasteiger charge is 2.62. The number of carbonyl (C=O) groups excluding carboxylic acids is 1. The first kappa shape index (κ1) is 36.2. The van der Waals surface area contributed by atoms with Crippen molar-refractivity contribution >= 4 is 16.2 Å². The van der Waals surface area contributed by atoms with Crippen molar-refractivity contribution in [2.24, 2.45) is 58.0 Å². The van der Waals surface area contributed by atoms with Gasteiger partial charge in [-0.2, -0.15) is 8.42 Å². The van der Waals surface area contributed by atoms with Gasteiger partial charge < -0.3 is 21.5 Å². The van der Waals surface area contributed by atoms with Gasteiger partial charge in [-0.1, -0.05) is 27.7 Å². The molecule has 6 N–H and O–H groups in total. The van der Waals surface area contributed by atoms with E-state index in [2.05, 4.69) is 35.6 Å². The average molecular weight is 642 g/mol. The topological polar surface area (TPSA) is 151 Å². The molecule has 0 heterocycles. The quantitative estimate of drug-likeness (QED) is 0.112. The van der Waals surface area contributed by atoms with Gasteiger partial charge in [0.05, 0.1) is 12.7 Å². The lowest BCUT2D eigenvalue weighted by atomic mass is 9.43. The molecule has 11 atom stereocenters. The maximum absolute atomic E-state index is 12.7. The van der Waals surface area contributed by atoms with E-state index in [0.717, 1.165) is 64.7 Å². The summed E-state index contributed by atoms with van der Waals surface area (Å²) >= 11 is 0. The second-order valence-electron chi connectivity index (χ2n) is 15.6. The summed E-state index contributed by atoms with van der Waals surface area (Å²) in [4.78, 5) is 12.7. The van der Waals surface area contributed by atoms with Crippen molar-refractivity contribution in [3.8, 4) is 0 Å². The van der Waals surface area contributed by atoms with Crippen molar-refractivity contribution in [2.75, 3.05) is 32.8 Å². The molecule has 0 aromatic carbocycles. The number of nitrogens with one attached hydrogen (secondary N) is 2. The van der Waals surface area contributed by atoms with Crippen LogP contribution in [0, 0.1) is 52.3 Å². The highest BCUT2D eigenvalue weighted by molar-refractivity contribution is 7.80. The van der Waals surface area contributed by atoms with Crippen LogP contribution in [0.15, 0.2) is 0 Å². The summed E-state index contributed by atoms with van der Waals surface area (Å²) in [5, 5.41) is 19.1. The van der Waals surface area contributed by atoms with Crippen LogP contribution in [0.4, 0.5) is 0 Å². The molecular weight excluding hydrogens is 578 g/mol. The predicted octanol–water partition coefficient (Wildman–Crippen LogP) is 4.73. The number of fused-ring (bicyclic) bond motifs is 5. The third-order valence-corrected chi connectivity index (χ3v) is 13.5. The number of aliphatic hydroxyl groups is 1. The molecule has 256 valence electrons. The Hall–Kier alpha value is -0.620. The molecule has 10 heteroatoms. The Morgan fingerprint density at radius 3 is 2.41 bits per heavy atom. The fraction of sp³-hybridized carbons (Fsp3) is 0.971. The van der Waals surface area contributed by atoms with Crippen molar-refractivity contribution in [3.63, 3.8) is 0 Å². The lowest BCUT2D eigenvalue weighted by Gasteiger charge is -2.62. The van der Waals surface area contributed by atoms with E-state index in [0.29, 0.717) is 53.4 Å². The first-order valence-corrected chi connectivity index (χ1v) is 19.1. The highest BCUT2D eigenvalue weighted by Crippen LogP contribution is 2.68. The van der Waals surface area contributed by atoms with Gasteiger partial charge in [0, 0.05) is 18.4 Å². The first-order chi connectivity index (χ1) is 20.8. The zero-order valence-electron chi connectivity index (χ0n) is 27.9. The lowest BCUT2D eigenvalue weighted by molar-refractivity contribution is -0.167. The van der Waals surface area contributed by atoms with Gasteiger partial charge in [0.15, 0.2) is 0 Å². The van der Waals surface area contributed by atoms with E-state index in [9.17, 15) is 18.3 Å². The maximum Gasteiger partial charge on any atom is 0.397 e. The molecule has 0 saturated heterocycles. The molecule has 0 amide bonds. The summed E-state index contributed by atoms with van der Waals surface area (Å²) in [6, 6.07) is 0.560. The minimum atomic E-state index is -4.54. The van der Waals surface area contributed by atoms with E-state index < -0.39 is 16.3 Å². The van der Waals surface area contributed by atoms with E-state index in [1.807, 2.05) is 0 Å². The van der Waals surface area contributed by atoms with Crippen LogP contribution < -0.4 is 16.4 Å². The van der Waals surface area contributed by atoms with Crippen LogP contribution in [0.5, 0.6) is 0 Å². The molecule has 0 aromatic heterocycles. The summed E-state index contributed by atoms with van der Waals surface area (Å²) in [5.74, 6) is 2.39. The van der Waals surface area contributed by atoms with Gasteiger partial charge in [-0.15, -0.1) is 0 Å². The minimum absolute atomic E-state index is 0.0225. The third kappa shape index (κ3) is 8.45. The van der Waals surface area contributed by atoms with Crippen molar-refractivity contribution < 1.29 is 27.1 Å². The minimum Gasteiger partial charge on any atom is -0.393 e. The molecule has 9 nitrogen and oxygen atoms in total. The molecule has 0 bridgehead atoms. The Kier molecular flexibility index (Phi) is 12.8. The molecular formula is C34H63N3O6S. The summed E-state index contributed by atoms with van der Waals surface area (Å²) in [6.45, 7) is 12.6. The molecule has 4 rings (SSSR count). The fourth-order valence-electron chi connectivity index (χ4n) is 10.5. The fourth-order valence-corrected chi connectivity index (χ4v) is 10.9. The van der Waals surface area contributed by atoms with Crippen LogP contribution >= 0.6 is 0 Å². The average Bonchev–Trinajstić information content (AvgIpc) is 3.33. The molecule has 44 heavy (non-hydrogen) atoms. The Balaban J connectivity index is 1.28. The number of hydrogen-bond acceptors (Lipinski definition) is 8. The van der Waals surface area contributed by atoms with Crippen LogP contribution in [0.3, 0.4) is 0 Å². The van der Waals surface area contributed by atoms with E-state index in [4.69, 9.17) is 10.3 Å². The van der Waals surface area contributed by atoms with E-state index in [1.165, 1.54) is 38.5 Å². The third-order valence-electron chi connectivity index (χ3n) is 13.1. The van der Waals surface area contributed by atoms with Gasteiger partial charge in [0.25, 0.3) is 0 Å². The van der Waals surface area contributed by atoms with Gasteiger partial charge in [-0.3, -0.25) is 9.35 Å². The number of ketones is 1. The molecule has 4 aliphatic carbocycles. The Bertz CT molecular complexity index is 1040. The van der Waals surface area contributed by atoms with Gasteiger partial charge in [0.1, 0.15) is 5.78 Å². The van der Waals surface area contributed by atoms with Gasteiger partial charge >= 0.3 is 10.4 Å². The van der Waals surface area contributed by atoms with E-state index in [1.54, 1.807) is 6.92 Å². The predicted molar refractivity (Wildman–Crippen MR) is 174 cm³/mol. The van der Waals surface area contributed by atoms with Crippen molar-refractivity contribution in [3.05, 3.63) is 0 Å². The van der Waals surface area contributed by atoms with Crippen LogP contribution in [0.25, 0.3) is 0 Å². The number of rotatable bonds is 17. The summed E-state index contributed by atoms with van der Waals surface area (Å²) < 4.78 is 35.0. The molecule has 0 radical (unpaired) electrons. The summed E-state index contributed by atoms with van der Waals surface area (Å²) in [5.41, 5.74) is 6.07. The van der Waals surface area contributed by atoms with Crippen LogP contribution in [0.2, 0.25) is 0 Å². The monoisotopic (exact) mass is 641 g/mol. The van der Waals surface area contributed by atoms with Crippen LogP contribution in [-0.2, 0) is 19.4 Å². The second-order valence-corrected chi connectivity index (χ2v) is 16.7. The molecule has 0 spiro atoms. The van der Waals surface area contributed by atoms with Crippen molar-refractivity contribution in [1.82, 2.24) is 10.6 Å². The number of hydrogen-bond donors (Lipinski definition) is 5. The number of carbonyl (C=O) groups is 1. The molecule has 4 fully saturated rings. The standard InChI is InChI=1S/C34H63N3O6S/c1-23(8-11-30(38)24(2)22-43-44(40,41)42)27-9-10-28-32-29(13-15-34(27,28)4)33(3)14-12-26(20-25(33)21-31(32)39)37-19-7-18-36-17-6-5-16-35/h23-29,31-32,36-37,39H,5-22,35H2,1-4H3,(H,40,41,42)/t23-,24?,25-,26+,27?,28+,29+,31-,32+,33+,34-/m1/s1. The molecule has 2 unspecified atom stereocenters. The molecule has 4 aliphatic rings. The Labute approximate surface area is 267 Å². The zero-order chi connectivity index (χ0) is 32.1. The van der Waals surface area contributed by atoms with Crippen LogP contribution in [0.1, 0.15) is 111 Å². The second kappa shape index (κ2) is 15.5. The summed E-state index contributed by atoms with van der Waals surface area (Å²) in [6.07, 6.45) is 13.7. The molecule has 0 aromatic rings. The molecule has 4 saturated carbocycles. The largest absolute Gasteiger partial charge is 0.397 e. The Morgan fingerprint density at radius 1 is 0.977 bits per heavy atom. The van der Waals surface area contributed by atoms with Crippen molar-refractivity contribution in [1.29, 1.82) is 0 Å². The zero-order valence-corrected chi connectivity index (χ0v) is 28.8. The van der Waals surface area contributed by atoms with Crippen LogP contribution in [-0.4, -0.2) is 68.8 Å². The lowest BCUT2D eigenvalue weighted by Crippen LogP contribution is -2.59. The number of aliphatic hydroxyl groups excluding tert-OH is 1. The van der Waals surface area contributed by atoms with E-state index >= 15 is 0 Å². The normalized spacial score (nSPS) is 38.4. The Morgan fingerprint density at radius 2 is 1.68 bits per heavy atom. The van der Waals surface area contributed by atoms with Gasteiger partial charge in [0.2, 0.25) is 0 Å². The maximum atomic E-state index is 12.7. The molecule has 0 aliphatic heterocycles. The van der Waals surface area contributed by atoms with Gasteiger partial charge in [-0.05, 0) is 150 Å². The summed E-state index contributed by atoms with van der Waals surface area (Å²) in [7, 11) is -4.54. The highest BCUT2D eigenvalue weighted by atomic mass is 32.3. The van der Waals surface area contributed by atoms with E-state index in [-0.39, 0.29) is 23.9 Å². The van der Waals surface area contributed by atoms with Crippen molar-refractivity contribution in [2.45, 2.75) is 123 Å². The SMILES string of the molecule is CC(COS(=O)(=O)O)C(=O)CC[C@@H](C)C1CC[C@H]2[C@@H]3[C@H](O)C[C@H]4C[C@@H](NCCCNCCCCN)CC[C@]4(C)[C@H]3CC[C@]12C. The first-order valence-electron chi connectivity index (χ1n) is 17.8. The number of unbranched alkanes of at least 4 members (excludes halogenated alkanes) is 1. The number of nitrogens with two attached hydrogens (primary N) is 1. The van der Waals surface area contributed by atoms with Gasteiger partial charge in [-0.25, -0.2) is 4.18 Å².